The summed E-state index contributed by atoms with van der Waals surface area (Å²) in [5, 5.41) is 3.08. The molecule has 9 nitrogen and oxygen atoms in total. The summed E-state index contributed by atoms with van der Waals surface area (Å²) in [4.78, 5) is 33.6. The summed E-state index contributed by atoms with van der Waals surface area (Å²) in [6.07, 6.45) is 1.88. The lowest BCUT2D eigenvalue weighted by molar-refractivity contribution is -0.000221. The van der Waals surface area contributed by atoms with Gasteiger partial charge in [-0.15, -0.1) is 0 Å². The van der Waals surface area contributed by atoms with Gasteiger partial charge < -0.3 is 25.4 Å². The monoisotopic (exact) mass is 475 g/mol. The molecule has 0 saturated carbocycles. The lowest BCUT2D eigenvalue weighted by atomic mass is 10.1. The Morgan fingerprint density at radius 3 is 2.09 bits per heavy atom. The Balaban J connectivity index is 2.46. The van der Waals surface area contributed by atoms with Gasteiger partial charge in [-0.2, -0.15) is 0 Å². The number of carbonyl (C=O) groups excluding carboxylic acids is 2. The minimum atomic E-state index is -0.762. The summed E-state index contributed by atoms with van der Waals surface area (Å²) in [5.74, 6) is 0.301. The largest absolute Gasteiger partial charge is 0.443 e. The number of piperidine rings is 1. The Morgan fingerprint density at radius 1 is 1.03 bits per heavy atom. The molecule has 1 fully saturated rings. The minimum Gasteiger partial charge on any atom is -0.443 e. The summed E-state index contributed by atoms with van der Waals surface area (Å²) in [6.45, 7) is 14.9. The average molecular weight is 476 g/mol. The second kappa shape index (κ2) is 11.4. The molecule has 1 heterocycles. The van der Waals surface area contributed by atoms with Crippen LogP contribution in [0.15, 0.2) is 23.2 Å². The molecular weight excluding hydrogens is 434 g/mol. The van der Waals surface area contributed by atoms with E-state index in [1.54, 1.807) is 41.5 Å². The Labute approximate surface area is 203 Å². The highest BCUT2D eigenvalue weighted by atomic mass is 16.6. The molecule has 9 heteroatoms. The Kier molecular flexibility index (Phi) is 9.18. The maximum Gasteiger partial charge on any atom is 0.420 e. The Morgan fingerprint density at radius 2 is 1.59 bits per heavy atom. The van der Waals surface area contributed by atoms with E-state index < -0.39 is 23.4 Å². The van der Waals surface area contributed by atoms with Crippen LogP contribution in [0.3, 0.4) is 0 Å². The third-order valence-electron chi connectivity index (χ3n) is 4.93. The van der Waals surface area contributed by atoms with Gasteiger partial charge >= 0.3 is 12.2 Å². The van der Waals surface area contributed by atoms with Gasteiger partial charge in [-0.25, -0.2) is 14.5 Å². The third kappa shape index (κ3) is 8.76. The number of ether oxygens (including phenoxy) is 2. The van der Waals surface area contributed by atoms with E-state index in [2.05, 4.69) is 15.2 Å². The van der Waals surface area contributed by atoms with Gasteiger partial charge in [-0.1, -0.05) is 0 Å². The van der Waals surface area contributed by atoms with Crippen LogP contribution in [0.4, 0.5) is 21.0 Å². The number of aliphatic imine (C=N–C) groups is 1. The van der Waals surface area contributed by atoms with Crippen molar-refractivity contribution in [1.82, 2.24) is 4.90 Å². The predicted octanol–water partition coefficient (Wildman–Crippen LogP) is 5.10. The van der Waals surface area contributed by atoms with Gasteiger partial charge in [0.15, 0.2) is 5.96 Å². The van der Waals surface area contributed by atoms with Crippen molar-refractivity contribution in [3.63, 3.8) is 0 Å². The van der Waals surface area contributed by atoms with Gasteiger partial charge in [-0.3, -0.25) is 4.99 Å². The van der Waals surface area contributed by atoms with E-state index in [1.165, 1.54) is 6.42 Å². The lowest BCUT2D eigenvalue weighted by Gasteiger charge is -2.33. The van der Waals surface area contributed by atoms with Crippen molar-refractivity contribution >= 4 is 29.5 Å². The van der Waals surface area contributed by atoms with Crippen molar-refractivity contribution in [2.75, 3.05) is 29.9 Å². The zero-order chi connectivity index (χ0) is 25.5. The van der Waals surface area contributed by atoms with E-state index >= 15 is 0 Å². The van der Waals surface area contributed by atoms with Crippen molar-refractivity contribution in [2.45, 2.75) is 85.5 Å². The minimum absolute atomic E-state index is 0.00396. The molecule has 1 aliphatic rings. The average Bonchev–Trinajstić information content (AvgIpc) is 2.70. The maximum absolute atomic E-state index is 13.1. The van der Waals surface area contributed by atoms with Crippen LogP contribution in [-0.2, 0) is 16.0 Å². The quantitative estimate of drug-likeness (QED) is 0.450. The number of hydrogen-bond donors (Lipinski definition) is 2. The van der Waals surface area contributed by atoms with Gasteiger partial charge in [0, 0.05) is 31.0 Å². The molecule has 1 saturated heterocycles. The molecule has 0 spiro atoms. The van der Waals surface area contributed by atoms with E-state index in [4.69, 9.17) is 15.2 Å². The zero-order valence-corrected chi connectivity index (χ0v) is 21.7. The first-order valence-corrected chi connectivity index (χ1v) is 12.0. The number of rotatable bonds is 5. The van der Waals surface area contributed by atoms with E-state index in [0.717, 1.165) is 47.8 Å². The molecule has 1 aromatic rings. The molecular formula is C25H41N5O4. The molecule has 2 rings (SSSR count). The fourth-order valence-electron chi connectivity index (χ4n) is 3.60. The molecule has 0 aromatic heterocycles. The molecule has 0 bridgehead atoms. The normalized spacial score (nSPS) is 15.0. The van der Waals surface area contributed by atoms with Crippen LogP contribution in [0.2, 0.25) is 0 Å². The molecule has 0 unspecified atom stereocenters. The SMILES string of the molecule is CCN=C(N)Nc1ccc(N2CCCCC2)c(CN(C(=O)OC(C)(C)C)C(=O)OC(C)(C)C)c1. The highest BCUT2D eigenvalue weighted by Crippen LogP contribution is 2.29. The van der Waals surface area contributed by atoms with Crippen molar-refractivity contribution in [3.8, 4) is 0 Å². The molecule has 1 aromatic carbocycles. The van der Waals surface area contributed by atoms with Crippen LogP contribution >= 0.6 is 0 Å². The van der Waals surface area contributed by atoms with Crippen molar-refractivity contribution in [3.05, 3.63) is 23.8 Å². The molecule has 190 valence electrons. The van der Waals surface area contributed by atoms with Gasteiger partial charge in [0.25, 0.3) is 0 Å². The number of nitrogens with two attached hydrogens (primary N) is 1. The molecule has 3 N–H and O–H groups in total. The second-order valence-electron chi connectivity index (χ2n) is 10.4. The smallest absolute Gasteiger partial charge is 0.420 e. The summed E-state index contributed by atoms with van der Waals surface area (Å²) in [5.41, 5.74) is 6.90. The van der Waals surface area contributed by atoms with Gasteiger partial charge in [-0.05, 0) is 91.5 Å². The lowest BCUT2D eigenvalue weighted by Crippen LogP contribution is -2.43. The van der Waals surface area contributed by atoms with E-state index in [1.807, 2.05) is 25.1 Å². The van der Waals surface area contributed by atoms with Crippen LogP contribution in [0.5, 0.6) is 0 Å². The zero-order valence-electron chi connectivity index (χ0n) is 21.7. The van der Waals surface area contributed by atoms with Crippen LogP contribution in [0.25, 0.3) is 0 Å². The molecule has 2 amide bonds. The number of nitrogens with one attached hydrogen (secondary N) is 1. The van der Waals surface area contributed by atoms with Gasteiger partial charge in [0.05, 0.1) is 6.54 Å². The first-order valence-electron chi connectivity index (χ1n) is 12.0. The first-order chi connectivity index (χ1) is 15.8. The second-order valence-corrected chi connectivity index (χ2v) is 10.4. The number of anilines is 2. The highest BCUT2D eigenvalue weighted by molar-refractivity contribution is 5.93. The Hall–Kier alpha value is -2.97. The number of amides is 2. The van der Waals surface area contributed by atoms with E-state index in [0.29, 0.717) is 12.5 Å². The molecule has 1 aliphatic heterocycles. The van der Waals surface area contributed by atoms with Crippen molar-refractivity contribution in [2.24, 2.45) is 10.7 Å². The molecule has 0 atom stereocenters. The number of benzene rings is 1. The van der Waals surface area contributed by atoms with Gasteiger partial charge in [0.1, 0.15) is 11.2 Å². The summed E-state index contributed by atoms with van der Waals surface area (Å²) in [7, 11) is 0. The summed E-state index contributed by atoms with van der Waals surface area (Å²) >= 11 is 0. The Bertz CT molecular complexity index is 852. The molecule has 0 aliphatic carbocycles. The first kappa shape index (κ1) is 27.3. The van der Waals surface area contributed by atoms with Crippen molar-refractivity contribution in [1.29, 1.82) is 0 Å². The summed E-state index contributed by atoms with van der Waals surface area (Å²) < 4.78 is 11.1. The van der Waals surface area contributed by atoms with Crippen molar-refractivity contribution < 1.29 is 19.1 Å². The fraction of sp³-hybridized carbons (Fsp3) is 0.640. The number of nitrogens with zero attached hydrogens (tertiary/aromatic N) is 3. The fourth-order valence-corrected chi connectivity index (χ4v) is 3.60. The highest BCUT2D eigenvalue weighted by Gasteiger charge is 2.32. The van der Waals surface area contributed by atoms with Crippen LogP contribution in [0.1, 0.15) is 73.3 Å². The van der Waals surface area contributed by atoms with Crippen LogP contribution < -0.4 is 16.0 Å². The maximum atomic E-state index is 13.1. The summed E-state index contributed by atoms with van der Waals surface area (Å²) in [6, 6.07) is 5.81. The van der Waals surface area contributed by atoms with E-state index in [-0.39, 0.29) is 6.54 Å². The third-order valence-corrected chi connectivity index (χ3v) is 4.93. The number of imide groups is 1. The van der Waals surface area contributed by atoms with Crippen LogP contribution in [-0.4, -0.2) is 53.9 Å². The topological polar surface area (TPSA) is 109 Å². The predicted molar refractivity (Wildman–Crippen MR) is 136 cm³/mol. The molecule has 34 heavy (non-hydrogen) atoms. The number of guanidine groups is 1. The molecule has 0 radical (unpaired) electrons. The number of carbonyl (C=O) groups is 2. The van der Waals surface area contributed by atoms with Gasteiger partial charge in [0.2, 0.25) is 0 Å². The number of hydrogen-bond acceptors (Lipinski definition) is 6. The standard InChI is InChI=1S/C25H41N5O4/c1-8-27-21(26)28-19-12-13-20(29-14-10-9-11-15-29)18(16-19)17-30(22(31)33-24(2,3)4)23(32)34-25(5,6)7/h12-13,16H,8-11,14-15,17H2,1-7H3,(H3,26,27,28). The van der Waals surface area contributed by atoms with E-state index in [9.17, 15) is 9.59 Å². The van der Waals surface area contributed by atoms with Crippen LogP contribution in [0, 0.1) is 0 Å².